The Kier molecular flexibility index (Phi) is 2.29. The highest BCUT2D eigenvalue weighted by atomic mass is 32.2. The maximum absolute atomic E-state index is 3.71. The molecular weight excluding hydrogens is 140 g/mol. The summed E-state index contributed by atoms with van der Waals surface area (Å²) in [5.74, 6) is 1.10. The second-order valence-corrected chi connectivity index (χ2v) is 3.52. The Bertz CT molecular complexity index is 138. The third kappa shape index (κ3) is 1.45. The SMILES string of the molecule is CCSc1cnns1. The van der Waals surface area contributed by atoms with Crippen molar-refractivity contribution in [2.75, 3.05) is 5.75 Å². The zero-order chi connectivity index (χ0) is 5.82. The second kappa shape index (κ2) is 3.04. The van der Waals surface area contributed by atoms with E-state index in [2.05, 4.69) is 16.5 Å². The third-order valence-corrected chi connectivity index (χ3v) is 2.34. The molecule has 0 aromatic carbocycles. The summed E-state index contributed by atoms with van der Waals surface area (Å²) in [6.45, 7) is 2.12. The van der Waals surface area contributed by atoms with Gasteiger partial charge in [-0.3, -0.25) is 0 Å². The minimum absolute atomic E-state index is 1.10. The zero-order valence-corrected chi connectivity index (χ0v) is 6.13. The van der Waals surface area contributed by atoms with Crippen LogP contribution >= 0.6 is 23.3 Å². The first-order valence-corrected chi connectivity index (χ1v) is 4.09. The molecule has 8 heavy (non-hydrogen) atoms. The predicted octanol–water partition coefficient (Wildman–Crippen LogP) is 1.65. The number of aromatic nitrogens is 2. The van der Waals surface area contributed by atoms with Gasteiger partial charge in [-0.15, -0.1) is 16.9 Å². The lowest BCUT2D eigenvalue weighted by Gasteiger charge is -1.82. The van der Waals surface area contributed by atoms with Gasteiger partial charge in [0.15, 0.2) is 0 Å². The van der Waals surface area contributed by atoms with E-state index in [0.717, 1.165) is 5.75 Å². The van der Waals surface area contributed by atoms with E-state index in [1.807, 2.05) is 0 Å². The van der Waals surface area contributed by atoms with Gasteiger partial charge in [-0.25, -0.2) is 0 Å². The monoisotopic (exact) mass is 146 g/mol. The van der Waals surface area contributed by atoms with Crippen molar-refractivity contribution in [1.82, 2.24) is 9.59 Å². The smallest absolute Gasteiger partial charge is 0.101 e. The Balaban J connectivity index is 2.50. The molecule has 0 N–H and O–H groups in total. The topological polar surface area (TPSA) is 25.8 Å². The van der Waals surface area contributed by atoms with Gasteiger partial charge in [0.25, 0.3) is 0 Å². The number of hydrogen-bond donors (Lipinski definition) is 0. The summed E-state index contributed by atoms with van der Waals surface area (Å²) in [4.78, 5) is 0. The molecule has 0 saturated heterocycles. The molecule has 1 aromatic heterocycles. The number of thioether (sulfide) groups is 1. The minimum Gasteiger partial charge on any atom is -0.145 e. The molecule has 0 aliphatic heterocycles. The summed E-state index contributed by atoms with van der Waals surface area (Å²) < 4.78 is 4.91. The fraction of sp³-hybridized carbons (Fsp3) is 0.500. The Labute approximate surface area is 56.5 Å². The molecular formula is C4H6N2S2. The molecule has 44 valence electrons. The third-order valence-electron chi connectivity index (χ3n) is 0.628. The van der Waals surface area contributed by atoms with Crippen LogP contribution in [0.5, 0.6) is 0 Å². The predicted molar refractivity (Wildman–Crippen MR) is 36.3 cm³/mol. The van der Waals surface area contributed by atoms with Crippen LogP contribution in [-0.2, 0) is 0 Å². The van der Waals surface area contributed by atoms with Gasteiger partial charge in [0, 0.05) is 0 Å². The van der Waals surface area contributed by atoms with Crippen LogP contribution in [0.2, 0.25) is 0 Å². The van der Waals surface area contributed by atoms with E-state index >= 15 is 0 Å². The summed E-state index contributed by atoms with van der Waals surface area (Å²) in [6.07, 6.45) is 1.79. The van der Waals surface area contributed by atoms with Gasteiger partial charge in [0.1, 0.15) is 4.21 Å². The molecule has 2 nitrogen and oxygen atoms in total. The van der Waals surface area contributed by atoms with E-state index in [0.29, 0.717) is 0 Å². The van der Waals surface area contributed by atoms with Crippen LogP contribution in [0.3, 0.4) is 0 Å². The number of hydrogen-bond acceptors (Lipinski definition) is 4. The highest BCUT2D eigenvalue weighted by molar-refractivity contribution is 8.01. The first kappa shape index (κ1) is 6.04. The van der Waals surface area contributed by atoms with E-state index < -0.39 is 0 Å². The van der Waals surface area contributed by atoms with Crippen molar-refractivity contribution in [3.8, 4) is 0 Å². The van der Waals surface area contributed by atoms with Crippen molar-refractivity contribution in [2.24, 2.45) is 0 Å². The molecule has 0 radical (unpaired) electrons. The van der Waals surface area contributed by atoms with E-state index in [-0.39, 0.29) is 0 Å². The van der Waals surface area contributed by atoms with Crippen molar-refractivity contribution < 1.29 is 0 Å². The van der Waals surface area contributed by atoms with E-state index in [9.17, 15) is 0 Å². The van der Waals surface area contributed by atoms with Crippen LogP contribution < -0.4 is 0 Å². The molecule has 1 rings (SSSR count). The summed E-state index contributed by atoms with van der Waals surface area (Å²) in [6, 6.07) is 0. The van der Waals surface area contributed by atoms with Crippen molar-refractivity contribution >= 4 is 23.3 Å². The van der Waals surface area contributed by atoms with Gasteiger partial charge >= 0.3 is 0 Å². The molecule has 0 saturated carbocycles. The molecule has 1 aromatic rings. The highest BCUT2D eigenvalue weighted by Crippen LogP contribution is 2.18. The summed E-state index contributed by atoms with van der Waals surface area (Å²) in [7, 11) is 0. The van der Waals surface area contributed by atoms with Crippen LogP contribution in [0, 0.1) is 0 Å². The van der Waals surface area contributed by atoms with Gasteiger partial charge in [0.05, 0.1) is 6.20 Å². The fourth-order valence-corrected chi connectivity index (χ4v) is 1.70. The second-order valence-electron chi connectivity index (χ2n) is 1.17. The van der Waals surface area contributed by atoms with Crippen molar-refractivity contribution in [3.63, 3.8) is 0 Å². The molecule has 0 atom stereocenters. The standard InChI is InChI=1S/C4H6N2S2/c1-2-7-4-3-5-6-8-4/h3H,2H2,1H3. The lowest BCUT2D eigenvalue weighted by molar-refractivity contribution is 1.15. The average molecular weight is 146 g/mol. The zero-order valence-electron chi connectivity index (χ0n) is 4.50. The van der Waals surface area contributed by atoms with Crippen LogP contribution in [0.25, 0.3) is 0 Å². The molecule has 0 fully saturated rings. The molecule has 1 heterocycles. The van der Waals surface area contributed by atoms with Crippen LogP contribution in [0.1, 0.15) is 6.92 Å². The lowest BCUT2D eigenvalue weighted by atomic mass is 11.0. The minimum atomic E-state index is 1.10. The normalized spacial score (nSPS) is 9.62. The fourth-order valence-electron chi connectivity index (χ4n) is 0.364. The number of rotatable bonds is 2. The Morgan fingerprint density at radius 3 is 3.25 bits per heavy atom. The Morgan fingerprint density at radius 1 is 1.88 bits per heavy atom. The molecule has 4 heteroatoms. The van der Waals surface area contributed by atoms with Gasteiger partial charge in [-0.1, -0.05) is 11.4 Å². The molecule has 0 unspecified atom stereocenters. The van der Waals surface area contributed by atoms with Crippen molar-refractivity contribution in [3.05, 3.63) is 6.20 Å². The number of nitrogens with zero attached hydrogens (tertiary/aromatic N) is 2. The molecule has 0 bridgehead atoms. The Hall–Kier alpha value is -0.0900. The summed E-state index contributed by atoms with van der Waals surface area (Å²) in [5, 5.41) is 3.69. The molecule has 0 aliphatic carbocycles. The van der Waals surface area contributed by atoms with E-state index in [1.54, 1.807) is 18.0 Å². The molecule has 0 spiro atoms. The van der Waals surface area contributed by atoms with Gasteiger partial charge in [-0.05, 0) is 17.3 Å². The Morgan fingerprint density at radius 2 is 2.75 bits per heavy atom. The molecule has 0 aliphatic rings. The largest absolute Gasteiger partial charge is 0.145 e. The maximum Gasteiger partial charge on any atom is 0.101 e. The van der Waals surface area contributed by atoms with Gasteiger partial charge < -0.3 is 0 Å². The first-order chi connectivity index (χ1) is 3.93. The van der Waals surface area contributed by atoms with E-state index in [4.69, 9.17) is 0 Å². The van der Waals surface area contributed by atoms with Crippen LogP contribution in [0.15, 0.2) is 10.4 Å². The summed E-state index contributed by atoms with van der Waals surface area (Å²) in [5.41, 5.74) is 0. The summed E-state index contributed by atoms with van der Waals surface area (Å²) >= 11 is 3.22. The quantitative estimate of drug-likeness (QED) is 0.593. The molecule has 0 amide bonds. The average Bonchev–Trinajstić information content (AvgIpc) is 2.19. The van der Waals surface area contributed by atoms with Gasteiger partial charge in [-0.2, -0.15) is 0 Å². The maximum atomic E-state index is 3.71. The highest BCUT2D eigenvalue weighted by Gasteiger charge is 1.90. The van der Waals surface area contributed by atoms with E-state index in [1.165, 1.54) is 15.7 Å². The van der Waals surface area contributed by atoms with Gasteiger partial charge in [0.2, 0.25) is 0 Å². The van der Waals surface area contributed by atoms with Crippen LogP contribution in [-0.4, -0.2) is 15.3 Å². The first-order valence-electron chi connectivity index (χ1n) is 2.33. The van der Waals surface area contributed by atoms with Crippen molar-refractivity contribution in [1.29, 1.82) is 0 Å². The van der Waals surface area contributed by atoms with Crippen LogP contribution in [0.4, 0.5) is 0 Å². The van der Waals surface area contributed by atoms with Crippen molar-refractivity contribution in [2.45, 2.75) is 11.1 Å². The lowest BCUT2D eigenvalue weighted by Crippen LogP contribution is -1.60.